The van der Waals surface area contributed by atoms with Gasteiger partial charge < -0.3 is 20.3 Å². The maximum atomic E-state index is 10.8. The summed E-state index contributed by atoms with van der Waals surface area (Å²) in [7, 11) is 1.31. The van der Waals surface area contributed by atoms with E-state index in [-0.39, 0.29) is 30.4 Å². The molecule has 0 unspecified atom stereocenters. The highest BCUT2D eigenvalue weighted by molar-refractivity contribution is 5.69. The Morgan fingerprint density at radius 2 is 2.27 bits per heavy atom. The van der Waals surface area contributed by atoms with Crippen molar-refractivity contribution in [2.45, 2.75) is 6.42 Å². The Balaban J connectivity index is 2.51. The number of hydrogen-bond donors (Lipinski definition) is 2. The number of nitrogen functional groups attached to an aromatic ring is 1. The SMILES string of the molecule is COC(=O)CCOc1cccc(O)c1N. The minimum Gasteiger partial charge on any atom is -0.506 e. The van der Waals surface area contributed by atoms with Gasteiger partial charge in [-0.2, -0.15) is 0 Å². The molecule has 0 aromatic heterocycles. The number of rotatable bonds is 4. The summed E-state index contributed by atoms with van der Waals surface area (Å²) in [5.41, 5.74) is 5.71. The van der Waals surface area contributed by atoms with E-state index in [1.165, 1.54) is 13.2 Å². The van der Waals surface area contributed by atoms with Crippen LogP contribution in [0.1, 0.15) is 6.42 Å². The largest absolute Gasteiger partial charge is 0.506 e. The molecule has 0 heterocycles. The van der Waals surface area contributed by atoms with Gasteiger partial charge in [0.15, 0.2) is 0 Å². The van der Waals surface area contributed by atoms with Gasteiger partial charge in [0.2, 0.25) is 0 Å². The predicted octanol–water partition coefficient (Wildman–Crippen LogP) is 0.916. The average molecular weight is 211 g/mol. The molecule has 0 radical (unpaired) electrons. The van der Waals surface area contributed by atoms with Crippen molar-refractivity contribution >= 4 is 11.7 Å². The van der Waals surface area contributed by atoms with Gasteiger partial charge in [0.1, 0.15) is 17.2 Å². The van der Waals surface area contributed by atoms with Crippen LogP contribution in [0.5, 0.6) is 11.5 Å². The summed E-state index contributed by atoms with van der Waals surface area (Å²) in [6.07, 6.45) is 0.144. The van der Waals surface area contributed by atoms with Crippen LogP contribution in [-0.4, -0.2) is 24.8 Å². The lowest BCUT2D eigenvalue weighted by Gasteiger charge is -2.08. The molecule has 0 spiro atoms. The molecule has 82 valence electrons. The third kappa shape index (κ3) is 3.05. The number of aromatic hydroxyl groups is 1. The van der Waals surface area contributed by atoms with Crippen molar-refractivity contribution in [3.05, 3.63) is 18.2 Å². The molecule has 0 aliphatic rings. The standard InChI is InChI=1S/C10H13NO4/c1-14-9(13)5-6-15-8-4-2-3-7(12)10(8)11/h2-4,12H,5-6,11H2,1H3. The summed E-state index contributed by atoms with van der Waals surface area (Å²) < 4.78 is 9.65. The molecule has 0 aliphatic carbocycles. The highest BCUT2D eigenvalue weighted by atomic mass is 16.5. The Bertz CT molecular complexity index is 351. The molecule has 0 fully saturated rings. The molecule has 0 atom stereocenters. The minimum absolute atomic E-state index is 0.0365. The number of hydrogen-bond acceptors (Lipinski definition) is 5. The summed E-state index contributed by atoms with van der Waals surface area (Å²) in [6, 6.07) is 4.69. The van der Waals surface area contributed by atoms with E-state index in [4.69, 9.17) is 10.5 Å². The Morgan fingerprint density at radius 3 is 2.93 bits per heavy atom. The summed E-state index contributed by atoms with van der Waals surface area (Å²) in [5, 5.41) is 9.26. The van der Waals surface area contributed by atoms with Crippen LogP contribution in [0.3, 0.4) is 0 Å². The van der Waals surface area contributed by atoms with Crippen LogP contribution in [-0.2, 0) is 9.53 Å². The van der Waals surface area contributed by atoms with Crippen LogP contribution in [0, 0.1) is 0 Å². The van der Waals surface area contributed by atoms with Gasteiger partial charge in [-0.25, -0.2) is 0 Å². The number of carbonyl (C=O) groups is 1. The Morgan fingerprint density at radius 1 is 1.53 bits per heavy atom. The number of nitrogens with two attached hydrogens (primary N) is 1. The molecule has 0 amide bonds. The normalized spacial score (nSPS) is 9.67. The maximum Gasteiger partial charge on any atom is 0.308 e. The van der Waals surface area contributed by atoms with E-state index in [9.17, 15) is 9.90 Å². The van der Waals surface area contributed by atoms with Gasteiger partial charge >= 0.3 is 5.97 Å². The highest BCUT2D eigenvalue weighted by Crippen LogP contribution is 2.29. The molecule has 0 saturated heterocycles. The zero-order valence-corrected chi connectivity index (χ0v) is 8.40. The smallest absolute Gasteiger partial charge is 0.308 e. The molecular weight excluding hydrogens is 198 g/mol. The van der Waals surface area contributed by atoms with Crippen LogP contribution in [0.25, 0.3) is 0 Å². The number of esters is 1. The molecule has 0 aliphatic heterocycles. The van der Waals surface area contributed by atoms with Gasteiger partial charge in [-0.05, 0) is 12.1 Å². The maximum absolute atomic E-state index is 10.8. The molecule has 15 heavy (non-hydrogen) atoms. The number of benzene rings is 1. The van der Waals surface area contributed by atoms with Crippen molar-refractivity contribution in [3.63, 3.8) is 0 Å². The van der Waals surface area contributed by atoms with Gasteiger partial charge in [0, 0.05) is 0 Å². The second-order valence-corrected chi connectivity index (χ2v) is 2.86. The highest BCUT2D eigenvalue weighted by Gasteiger charge is 2.06. The van der Waals surface area contributed by atoms with Gasteiger partial charge in [-0.1, -0.05) is 6.07 Å². The third-order valence-electron chi connectivity index (χ3n) is 1.83. The average Bonchev–Trinajstić information content (AvgIpc) is 2.24. The first-order valence-electron chi connectivity index (χ1n) is 4.42. The fraction of sp³-hybridized carbons (Fsp3) is 0.300. The molecule has 0 saturated carbocycles. The van der Waals surface area contributed by atoms with E-state index in [2.05, 4.69) is 4.74 Å². The molecule has 0 bridgehead atoms. The van der Waals surface area contributed by atoms with Crippen molar-refractivity contribution in [1.29, 1.82) is 0 Å². The molecule has 3 N–H and O–H groups in total. The lowest BCUT2D eigenvalue weighted by Crippen LogP contribution is -2.08. The first-order valence-corrected chi connectivity index (χ1v) is 4.42. The number of methoxy groups -OCH3 is 1. The van der Waals surface area contributed by atoms with Crippen molar-refractivity contribution in [2.24, 2.45) is 0 Å². The van der Waals surface area contributed by atoms with E-state index in [0.717, 1.165) is 0 Å². The number of anilines is 1. The summed E-state index contributed by atoms with van der Waals surface area (Å²) >= 11 is 0. The molecular formula is C10H13NO4. The van der Waals surface area contributed by atoms with Crippen LogP contribution >= 0.6 is 0 Å². The van der Waals surface area contributed by atoms with Gasteiger partial charge in [-0.3, -0.25) is 4.79 Å². The fourth-order valence-corrected chi connectivity index (χ4v) is 1.00. The summed E-state index contributed by atoms with van der Waals surface area (Å²) in [5.74, 6) is -0.0294. The van der Waals surface area contributed by atoms with Crippen molar-refractivity contribution in [1.82, 2.24) is 0 Å². The number of para-hydroxylation sites is 1. The molecule has 1 aromatic rings. The number of phenolic OH excluding ortho intramolecular Hbond substituents is 1. The monoisotopic (exact) mass is 211 g/mol. The Hall–Kier alpha value is -1.91. The molecule has 5 nitrogen and oxygen atoms in total. The van der Waals surface area contributed by atoms with E-state index in [1.807, 2.05) is 0 Å². The van der Waals surface area contributed by atoms with Crippen LogP contribution < -0.4 is 10.5 Å². The van der Waals surface area contributed by atoms with Gasteiger partial charge in [0.05, 0.1) is 20.1 Å². The predicted molar refractivity (Wildman–Crippen MR) is 54.6 cm³/mol. The second-order valence-electron chi connectivity index (χ2n) is 2.86. The second kappa shape index (κ2) is 5.09. The Kier molecular flexibility index (Phi) is 3.79. The van der Waals surface area contributed by atoms with E-state index < -0.39 is 0 Å². The summed E-state index contributed by atoms with van der Waals surface area (Å²) in [4.78, 5) is 10.8. The number of phenols is 1. The number of ether oxygens (including phenoxy) is 2. The first-order chi connectivity index (χ1) is 7.15. The van der Waals surface area contributed by atoms with Gasteiger partial charge in [0.25, 0.3) is 0 Å². The lowest BCUT2D eigenvalue weighted by molar-refractivity contribution is -0.141. The Labute approximate surface area is 87.4 Å². The zero-order chi connectivity index (χ0) is 11.3. The van der Waals surface area contributed by atoms with Crippen molar-refractivity contribution in [3.8, 4) is 11.5 Å². The first kappa shape index (κ1) is 11.2. The van der Waals surface area contributed by atoms with E-state index in [0.29, 0.717) is 5.75 Å². The zero-order valence-electron chi connectivity index (χ0n) is 8.40. The van der Waals surface area contributed by atoms with E-state index >= 15 is 0 Å². The molecule has 1 rings (SSSR count). The van der Waals surface area contributed by atoms with Gasteiger partial charge in [-0.15, -0.1) is 0 Å². The van der Waals surface area contributed by atoms with Crippen LogP contribution in [0.2, 0.25) is 0 Å². The summed E-state index contributed by atoms with van der Waals surface area (Å²) in [6.45, 7) is 0.167. The van der Waals surface area contributed by atoms with Crippen LogP contribution in [0.15, 0.2) is 18.2 Å². The lowest BCUT2D eigenvalue weighted by atomic mass is 10.3. The molecule has 5 heteroatoms. The van der Waals surface area contributed by atoms with Crippen molar-refractivity contribution in [2.75, 3.05) is 19.5 Å². The third-order valence-corrected chi connectivity index (χ3v) is 1.83. The van der Waals surface area contributed by atoms with Crippen LogP contribution in [0.4, 0.5) is 5.69 Å². The quantitative estimate of drug-likeness (QED) is 0.439. The van der Waals surface area contributed by atoms with Crippen molar-refractivity contribution < 1.29 is 19.4 Å². The van der Waals surface area contributed by atoms with E-state index in [1.54, 1.807) is 12.1 Å². The minimum atomic E-state index is -0.353. The topological polar surface area (TPSA) is 81.8 Å². The fourth-order valence-electron chi connectivity index (χ4n) is 1.00. The number of carbonyl (C=O) groups excluding carboxylic acids is 1. The molecule has 1 aromatic carbocycles.